The van der Waals surface area contributed by atoms with Crippen LogP contribution in [0.15, 0.2) is 48.5 Å². The Labute approximate surface area is 209 Å². The number of alkyl halides is 2. The number of fused-ring (bicyclic) bond motifs is 1. The van der Waals surface area contributed by atoms with E-state index < -0.39 is 11.9 Å². The minimum absolute atomic E-state index is 0.0476. The van der Waals surface area contributed by atoms with Crippen molar-refractivity contribution in [2.24, 2.45) is 0 Å². The molecular weight excluding hydrogens is 468 g/mol. The van der Waals surface area contributed by atoms with Crippen LogP contribution in [0.4, 0.5) is 8.78 Å². The summed E-state index contributed by atoms with van der Waals surface area (Å²) < 4.78 is 44.4. The van der Waals surface area contributed by atoms with Gasteiger partial charge < -0.3 is 19.3 Å². The van der Waals surface area contributed by atoms with Gasteiger partial charge in [0.05, 0.1) is 19.8 Å². The van der Waals surface area contributed by atoms with E-state index in [1.165, 1.54) is 0 Å². The highest BCUT2D eigenvalue weighted by molar-refractivity contribution is 6.01. The van der Waals surface area contributed by atoms with Gasteiger partial charge >= 0.3 is 5.97 Å². The summed E-state index contributed by atoms with van der Waals surface area (Å²) in [6, 6.07) is 15.4. The van der Waals surface area contributed by atoms with Gasteiger partial charge in [-0.15, -0.1) is 0 Å². The number of carboxylic acid groups (broad SMARTS) is 1. The Morgan fingerprint density at radius 1 is 1.00 bits per heavy atom. The number of hydrogen-bond donors (Lipinski definition) is 1. The lowest BCUT2D eigenvalue weighted by Gasteiger charge is -2.31. The number of likely N-dealkylation sites (tertiary alicyclic amines) is 1. The van der Waals surface area contributed by atoms with Crippen molar-refractivity contribution in [3.63, 3.8) is 0 Å². The molecule has 3 aromatic rings. The number of halogens is 2. The zero-order valence-corrected chi connectivity index (χ0v) is 20.6. The molecule has 0 aliphatic carbocycles. The number of piperidine rings is 1. The van der Waals surface area contributed by atoms with E-state index in [0.717, 1.165) is 27.5 Å². The summed E-state index contributed by atoms with van der Waals surface area (Å²) in [5, 5.41) is 11.1. The molecule has 1 saturated heterocycles. The minimum Gasteiger partial charge on any atom is -0.496 e. The second-order valence-corrected chi connectivity index (χ2v) is 8.96. The van der Waals surface area contributed by atoms with Gasteiger partial charge in [-0.05, 0) is 28.3 Å². The Morgan fingerprint density at radius 2 is 1.69 bits per heavy atom. The lowest BCUT2D eigenvalue weighted by Crippen LogP contribution is -2.41. The van der Waals surface area contributed by atoms with Crippen LogP contribution in [-0.4, -0.2) is 62.4 Å². The van der Waals surface area contributed by atoms with Gasteiger partial charge in [0.1, 0.15) is 23.9 Å². The van der Waals surface area contributed by atoms with Crippen LogP contribution < -0.4 is 14.2 Å². The fraction of sp³-hybridized carbons (Fsp3) is 0.393. The number of carbonyl (C=O) groups is 1. The molecule has 36 heavy (non-hydrogen) atoms. The molecule has 192 valence electrons. The topological polar surface area (TPSA) is 68.2 Å². The maximum atomic E-state index is 13.5. The standard InChI is InChI=1S/C28H31F2NO5/c1-34-20-17-24(35-2)27(25(18-20)36-16-15-31-13-11-28(29,30)12-14-31)23-8-4-6-21-19(9-10-26(32)33)5-3-7-22(21)23/h3-8,17-18H,9-16H2,1-2H3,(H,32,33). The first-order valence-electron chi connectivity index (χ1n) is 12.0. The van der Waals surface area contributed by atoms with Gasteiger partial charge in [-0.1, -0.05) is 36.4 Å². The van der Waals surface area contributed by atoms with E-state index in [0.29, 0.717) is 49.9 Å². The van der Waals surface area contributed by atoms with Crippen molar-refractivity contribution in [2.75, 3.05) is 40.5 Å². The molecule has 1 aliphatic heterocycles. The molecule has 3 aromatic carbocycles. The molecule has 0 aromatic heterocycles. The Balaban J connectivity index is 1.68. The molecule has 6 nitrogen and oxygen atoms in total. The van der Waals surface area contributed by atoms with Crippen LogP contribution in [0.25, 0.3) is 21.9 Å². The number of hydrogen-bond acceptors (Lipinski definition) is 5. The highest BCUT2D eigenvalue weighted by Gasteiger charge is 2.33. The lowest BCUT2D eigenvalue weighted by molar-refractivity contribution is -0.136. The molecule has 1 N–H and O–H groups in total. The third-order valence-corrected chi connectivity index (χ3v) is 6.64. The summed E-state index contributed by atoms with van der Waals surface area (Å²) in [7, 11) is 3.15. The highest BCUT2D eigenvalue weighted by atomic mass is 19.3. The third kappa shape index (κ3) is 5.87. The van der Waals surface area contributed by atoms with Crippen molar-refractivity contribution in [1.82, 2.24) is 4.90 Å². The zero-order chi connectivity index (χ0) is 25.7. The first kappa shape index (κ1) is 25.7. The summed E-state index contributed by atoms with van der Waals surface area (Å²) in [5.74, 6) is -1.70. The van der Waals surface area contributed by atoms with E-state index in [2.05, 4.69) is 0 Å². The van der Waals surface area contributed by atoms with Crippen molar-refractivity contribution in [1.29, 1.82) is 0 Å². The molecule has 0 atom stereocenters. The van der Waals surface area contributed by atoms with Gasteiger partial charge in [0.15, 0.2) is 0 Å². The zero-order valence-electron chi connectivity index (χ0n) is 20.6. The maximum Gasteiger partial charge on any atom is 0.303 e. The molecule has 1 heterocycles. The number of aryl methyl sites for hydroxylation is 1. The maximum absolute atomic E-state index is 13.5. The number of rotatable bonds is 10. The smallest absolute Gasteiger partial charge is 0.303 e. The van der Waals surface area contributed by atoms with Crippen LogP contribution in [0.5, 0.6) is 17.2 Å². The summed E-state index contributed by atoms with van der Waals surface area (Å²) in [4.78, 5) is 13.1. The van der Waals surface area contributed by atoms with Crippen LogP contribution in [0.3, 0.4) is 0 Å². The average Bonchev–Trinajstić information content (AvgIpc) is 2.87. The predicted molar refractivity (Wildman–Crippen MR) is 135 cm³/mol. The van der Waals surface area contributed by atoms with E-state index in [9.17, 15) is 13.6 Å². The number of methoxy groups -OCH3 is 2. The summed E-state index contributed by atoms with van der Waals surface area (Å²) >= 11 is 0. The largest absolute Gasteiger partial charge is 0.496 e. The molecule has 4 rings (SSSR count). The number of carboxylic acids is 1. The van der Waals surface area contributed by atoms with Crippen molar-refractivity contribution in [3.05, 3.63) is 54.1 Å². The van der Waals surface area contributed by atoms with Crippen LogP contribution in [0.2, 0.25) is 0 Å². The highest BCUT2D eigenvalue weighted by Crippen LogP contribution is 2.45. The van der Waals surface area contributed by atoms with Crippen LogP contribution in [0, 0.1) is 0 Å². The molecule has 1 aliphatic rings. The summed E-state index contributed by atoms with van der Waals surface area (Å²) in [5.41, 5.74) is 2.59. The molecule has 0 bridgehead atoms. The van der Waals surface area contributed by atoms with Crippen molar-refractivity contribution >= 4 is 16.7 Å². The van der Waals surface area contributed by atoms with Crippen molar-refractivity contribution in [3.8, 4) is 28.4 Å². The first-order valence-corrected chi connectivity index (χ1v) is 12.0. The van der Waals surface area contributed by atoms with Crippen LogP contribution >= 0.6 is 0 Å². The quantitative estimate of drug-likeness (QED) is 0.389. The summed E-state index contributed by atoms with van der Waals surface area (Å²) in [6.45, 7) is 1.54. The van der Waals surface area contributed by atoms with Gasteiger partial charge in [-0.25, -0.2) is 8.78 Å². The molecular formula is C28H31F2NO5. The van der Waals surface area contributed by atoms with Gasteiger partial charge in [-0.2, -0.15) is 0 Å². The van der Waals surface area contributed by atoms with E-state index >= 15 is 0 Å². The Morgan fingerprint density at radius 3 is 2.39 bits per heavy atom. The van der Waals surface area contributed by atoms with Gasteiger partial charge in [0.2, 0.25) is 0 Å². The second kappa shape index (κ2) is 11.1. The van der Waals surface area contributed by atoms with E-state index in [-0.39, 0.29) is 19.3 Å². The number of benzene rings is 3. The number of aliphatic carboxylic acids is 1. The molecule has 0 spiro atoms. The molecule has 8 heteroatoms. The molecule has 0 amide bonds. The Hall–Kier alpha value is -3.39. The predicted octanol–water partition coefficient (Wildman–Crippen LogP) is 5.65. The SMILES string of the molecule is COc1cc(OC)c(-c2cccc3c(CCC(=O)O)cccc23)c(OCCN2CCC(F)(F)CC2)c1. The van der Waals surface area contributed by atoms with Crippen molar-refractivity contribution < 1.29 is 32.9 Å². The summed E-state index contributed by atoms with van der Waals surface area (Å²) in [6.07, 6.45) is 0.205. The molecule has 0 radical (unpaired) electrons. The van der Waals surface area contributed by atoms with Crippen LogP contribution in [0.1, 0.15) is 24.8 Å². The molecule has 0 saturated carbocycles. The number of nitrogens with zero attached hydrogens (tertiary/aromatic N) is 1. The monoisotopic (exact) mass is 499 g/mol. The average molecular weight is 500 g/mol. The fourth-order valence-corrected chi connectivity index (χ4v) is 4.67. The van der Waals surface area contributed by atoms with Crippen molar-refractivity contribution in [2.45, 2.75) is 31.6 Å². The Bertz CT molecular complexity index is 1220. The van der Waals surface area contributed by atoms with E-state index in [1.807, 2.05) is 41.3 Å². The first-order chi connectivity index (χ1) is 17.3. The third-order valence-electron chi connectivity index (χ3n) is 6.64. The van der Waals surface area contributed by atoms with Gasteiger partial charge in [-0.3, -0.25) is 9.69 Å². The van der Waals surface area contributed by atoms with Crippen LogP contribution in [-0.2, 0) is 11.2 Å². The molecule has 0 unspecified atom stereocenters. The minimum atomic E-state index is -2.58. The number of ether oxygens (including phenoxy) is 3. The van der Waals surface area contributed by atoms with Gasteiger partial charge in [0.25, 0.3) is 5.92 Å². The second-order valence-electron chi connectivity index (χ2n) is 8.96. The van der Waals surface area contributed by atoms with Gasteiger partial charge in [0, 0.05) is 51.0 Å². The Kier molecular flexibility index (Phi) is 7.94. The molecule has 1 fully saturated rings. The van der Waals surface area contributed by atoms with E-state index in [4.69, 9.17) is 19.3 Å². The van der Waals surface area contributed by atoms with E-state index in [1.54, 1.807) is 26.4 Å². The normalized spacial score (nSPS) is 15.6. The fourth-order valence-electron chi connectivity index (χ4n) is 4.67. The lowest BCUT2D eigenvalue weighted by atomic mass is 9.93.